The number of hydrogen-bond acceptors (Lipinski definition) is 6. The van der Waals surface area contributed by atoms with Crippen molar-refractivity contribution < 1.29 is 13.9 Å². The maximum absolute atomic E-state index is 12.1. The molecule has 0 bridgehead atoms. The first-order valence-electron chi connectivity index (χ1n) is 8.64. The van der Waals surface area contributed by atoms with Crippen LogP contribution in [0, 0.1) is 6.92 Å². The number of carbonyl (C=O) groups excluding carboxylic acids is 1. The Morgan fingerprint density at radius 1 is 1.26 bits per heavy atom. The summed E-state index contributed by atoms with van der Waals surface area (Å²) in [6.07, 6.45) is 2.42. The lowest BCUT2D eigenvalue weighted by atomic mass is 10.2. The highest BCUT2D eigenvalue weighted by atomic mass is 32.2. The van der Waals surface area contributed by atoms with E-state index in [0.29, 0.717) is 24.1 Å². The van der Waals surface area contributed by atoms with Gasteiger partial charge in [0.05, 0.1) is 17.6 Å². The minimum Gasteiger partial charge on any atom is -0.469 e. The Morgan fingerprint density at radius 2 is 2.07 bits per heavy atom. The molecule has 2 aromatic heterocycles. The Balaban J connectivity index is 1.79. The summed E-state index contributed by atoms with van der Waals surface area (Å²) in [5, 5.41) is 12.2. The minimum absolute atomic E-state index is 0.0419. The molecule has 0 aliphatic carbocycles. The molecule has 3 rings (SSSR count). The van der Waals surface area contributed by atoms with Gasteiger partial charge in [0.25, 0.3) is 0 Å². The van der Waals surface area contributed by atoms with E-state index in [9.17, 15) is 4.79 Å². The van der Waals surface area contributed by atoms with Crippen LogP contribution < -0.4 is 5.32 Å². The third kappa shape index (κ3) is 4.78. The molecule has 0 radical (unpaired) electrons. The molecule has 1 amide bonds. The molecule has 27 heavy (non-hydrogen) atoms. The second-order valence-electron chi connectivity index (χ2n) is 5.85. The van der Waals surface area contributed by atoms with Gasteiger partial charge >= 0.3 is 0 Å². The van der Waals surface area contributed by atoms with E-state index in [0.717, 1.165) is 23.4 Å². The van der Waals surface area contributed by atoms with Crippen LogP contribution in [0.15, 0.2) is 52.2 Å². The van der Waals surface area contributed by atoms with Crippen molar-refractivity contribution in [3.05, 3.63) is 48.4 Å². The molecule has 8 heteroatoms. The lowest BCUT2D eigenvalue weighted by Gasteiger charge is -2.10. The number of amides is 1. The Labute approximate surface area is 162 Å². The second kappa shape index (κ2) is 9.38. The third-order valence-corrected chi connectivity index (χ3v) is 4.86. The molecule has 3 aromatic rings. The van der Waals surface area contributed by atoms with Gasteiger partial charge in [-0.2, -0.15) is 0 Å². The zero-order chi connectivity index (χ0) is 19.1. The number of para-hydroxylation sites is 1. The third-order valence-electron chi connectivity index (χ3n) is 3.93. The fourth-order valence-corrected chi connectivity index (χ4v) is 3.37. The van der Waals surface area contributed by atoms with Crippen LogP contribution >= 0.6 is 11.8 Å². The van der Waals surface area contributed by atoms with E-state index < -0.39 is 0 Å². The predicted octanol–water partition coefficient (Wildman–Crippen LogP) is 3.08. The normalized spacial score (nSPS) is 10.9. The van der Waals surface area contributed by atoms with Crippen molar-refractivity contribution in [2.45, 2.75) is 18.5 Å². The topological polar surface area (TPSA) is 82.2 Å². The molecule has 0 saturated carbocycles. The van der Waals surface area contributed by atoms with Crippen molar-refractivity contribution in [2.24, 2.45) is 0 Å². The molecule has 0 aliphatic rings. The maximum Gasteiger partial charge on any atom is 0.230 e. The number of nitrogens with one attached hydrogen (secondary N) is 1. The molecule has 7 nitrogen and oxygen atoms in total. The number of ether oxygens (including phenoxy) is 1. The molecule has 0 saturated heterocycles. The molecule has 0 atom stereocenters. The molecular formula is C19H22N4O3S. The number of furan rings is 1. The fraction of sp³-hybridized carbons (Fsp3) is 0.316. The summed E-state index contributed by atoms with van der Waals surface area (Å²) in [6, 6.07) is 11.7. The van der Waals surface area contributed by atoms with Crippen molar-refractivity contribution in [1.82, 2.24) is 20.1 Å². The number of rotatable bonds is 9. The van der Waals surface area contributed by atoms with Gasteiger partial charge in [-0.1, -0.05) is 30.0 Å². The largest absolute Gasteiger partial charge is 0.469 e. The van der Waals surface area contributed by atoms with Gasteiger partial charge in [-0.05, 0) is 31.5 Å². The summed E-state index contributed by atoms with van der Waals surface area (Å²) in [4.78, 5) is 12.1. The molecule has 0 aliphatic heterocycles. The number of hydrogen-bond donors (Lipinski definition) is 1. The van der Waals surface area contributed by atoms with E-state index >= 15 is 0 Å². The maximum atomic E-state index is 12.1. The summed E-state index contributed by atoms with van der Waals surface area (Å²) in [5.74, 6) is 1.68. The van der Waals surface area contributed by atoms with Crippen LogP contribution in [0.25, 0.3) is 17.1 Å². The summed E-state index contributed by atoms with van der Waals surface area (Å²) < 4.78 is 12.3. The molecular weight excluding hydrogens is 364 g/mol. The van der Waals surface area contributed by atoms with Gasteiger partial charge in [0.15, 0.2) is 11.0 Å². The van der Waals surface area contributed by atoms with E-state index in [1.54, 1.807) is 13.4 Å². The SMILES string of the molecule is COCCCNC(=O)CSc1nnc(-c2ccoc2C)n1-c1ccccc1. The van der Waals surface area contributed by atoms with Gasteiger partial charge in [-0.25, -0.2) is 0 Å². The van der Waals surface area contributed by atoms with Crippen molar-refractivity contribution in [3.8, 4) is 17.1 Å². The van der Waals surface area contributed by atoms with E-state index in [1.165, 1.54) is 11.8 Å². The van der Waals surface area contributed by atoms with Crippen LogP contribution in [0.2, 0.25) is 0 Å². The number of thioether (sulfide) groups is 1. The minimum atomic E-state index is -0.0419. The number of carbonyl (C=O) groups is 1. The highest BCUT2D eigenvalue weighted by Gasteiger charge is 2.19. The molecule has 2 heterocycles. The van der Waals surface area contributed by atoms with Gasteiger partial charge in [0.1, 0.15) is 5.76 Å². The fourth-order valence-electron chi connectivity index (χ4n) is 2.59. The van der Waals surface area contributed by atoms with Crippen molar-refractivity contribution >= 4 is 17.7 Å². The van der Waals surface area contributed by atoms with Gasteiger partial charge in [-0.3, -0.25) is 9.36 Å². The highest BCUT2D eigenvalue weighted by molar-refractivity contribution is 7.99. The number of aromatic nitrogens is 3. The van der Waals surface area contributed by atoms with Crippen LogP contribution in [0.4, 0.5) is 0 Å². The first-order valence-corrected chi connectivity index (χ1v) is 9.63. The number of aryl methyl sites for hydroxylation is 1. The monoisotopic (exact) mass is 386 g/mol. The van der Waals surface area contributed by atoms with Crippen LogP contribution in [-0.2, 0) is 9.53 Å². The highest BCUT2D eigenvalue weighted by Crippen LogP contribution is 2.30. The Hall–Kier alpha value is -2.58. The van der Waals surface area contributed by atoms with E-state index in [2.05, 4.69) is 15.5 Å². The van der Waals surface area contributed by atoms with Gasteiger partial charge in [0, 0.05) is 25.9 Å². The first kappa shape index (κ1) is 19.2. The van der Waals surface area contributed by atoms with Crippen LogP contribution in [0.3, 0.4) is 0 Å². The Bertz CT molecular complexity index is 876. The average Bonchev–Trinajstić information content (AvgIpc) is 3.30. The van der Waals surface area contributed by atoms with Crippen LogP contribution in [-0.4, -0.2) is 46.7 Å². The number of nitrogens with zero attached hydrogens (tertiary/aromatic N) is 3. The molecule has 0 unspecified atom stereocenters. The summed E-state index contributed by atoms with van der Waals surface area (Å²) in [5.41, 5.74) is 1.81. The smallest absolute Gasteiger partial charge is 0.230 e. The molecule has 0 spiro atoms. The zero-order valence-corrected chi connectivity index (χ0v) is 16.2. The lowest BCUT2D eigenvalue weighted by molar-refractivity contribution is -0.118. The molecule has 0 fully saturated rings. The second-order valence-corrected chi connectivity index (χ2v) is 6.80. The standard InChI is InChI=1S/C19H22N4O3S/c1-14-16(9-12-26-14)18-21-22-19(23(18)15-7-4-3-5-8-15)27-13-17(24)20-10-6-11-25-2/h3-5,7-9,12H,6,10-11,13H2,1-2H3,(H,20,24). The van der Waals surface area contributed by atoms with Gasteiger partial charge < -0.3 is 14.5 Å². The number of methoxy groups -OCH3 is 1. The van der Waals surface area contributed by atoms with Gasteiger partial charge in [-0.15, -0.1) is 10.2 Å². The number of benzene rings is 1. The van der Waals surface area contributed by atoms with E-state index in [1.807, 2.05) is 47.9 Å². The first-order chi connectivity index (χ1) is 13.2. The molecule has 142 valence electrons. The van der Waals surface area contributed by atoms with Crippen LogP contribution in [0.5, 0.6) is 0 Å². The van der Waals surface area contributed by atoms with Crippen LogP contribution in [0.1, 0.15) is 12.2 Å². The van der Waals surface area contributed by atoms with E-state index in [4.69, 9.17) is 9.15 Å². The lowest BCUT2D eigenvalue weighted by Crippen LogP contribution is -2.26. The van der Waals surface area contributed by atoms with Crippen molar-refractivity contribution in [2.75, 3.05) is 26.0 Å². The summed E-state index contributed by atoms with van der Waals surface area (Å²) in [7, 11) is 1.65. The Kier molecular flexibility index (Phi) is 6.67. The predicted molar refractivity (Wildman–Crippen MR) is 104 cm³/mol. The Morgan fingerprint density at radius 3 is 2.78 bits per heavy atom. The van der Waals surface area contributed by atoms with Crippen molar-refractivity contribution in [1.29, 1.82) is 0 Å². The molecule has 1 aromatic carbocycles. The quantitative estimate of drug-likeness (QED) is 0.450. The summed E-state index contributed by atoms with van der Waals surface area (Å²) in [6.45, 7) is 3.11. The molecule has 1 N–H and O–H groups in total. The zero-order valence-electron chi connectivity index (χ0n) is 15.3. The average molecular weight is 386 g/mol. The van der Waals surface area contributed by atoms with Gasteiger partial charge in [0.2, 0.25) is 5.91 Å². The van der Waals surface area contributed by atoms with Crippen molar-refractivity contribution in [3.63, 3.8) is 0 Å². The van der Waals surface area contributed by atoms with E-state index in [-0.39, 0.29) is 11.7 Å². The summed E-state index contributed by atoms with van der Waals surface area (Å²) >= 11 is 1.35.